The molecule has 10 heteroatoms. The predicted molar refractivity (Wildman–Crippen MR) is 74.4 cm³/mol. The van der Waals surface area contributed by atoms with Crippen molar-refractivity contribution < 1.29 is 0 Å². The summed E-state index contributed by atoms with van der Waals surface area (Å²) in [7, 11) is 3.63. The highest BCUT2D eigenvalue weighted by Crippen LogP contribution is 2.37. The Bertz CT molecular complexity index is 693. The van der Waals surface area contributed by atoms with Crippen LogP contribution in [0.2, 0.25) is 5.28 Å². The van der Waals surface area contributed by atoms with Gasteiger partial charge in [0, 0.05) is 20.1 Å². The molecular weight excluding hydrogens is 302 g/mol. The van der Waals surface area contributed by atoms with E-state index in [1.54, 1.807) is 9.47 Å². The summed E-state index contributed by atoms with van der Waals surface area (Å²) in [5.74, 6) is 0.461. The standard InChI is InChI=1S/C10H12ClN7OS/c1-17(2)7-12-6(11)13-8(14-7)20-10-16-15-9(19)18(10)5-3-4-5/h5H,3-4H2,1-2H3,(H,15,19). The third-order valence-corrected chi connectivity index (χ3v) is 3.75. The molecule has 2 aromatic rings. The fourth-order valence-corrected chi connectivity index (χ4v) is 2.72. The van der Waals surface area contributed by atoms with Crippen LogP contribution < -0.4 is 10.6 Å². The second-order valence-corrected chi connectivity index (χ2v) is 5.87. The van der Waals surface area contributed by atoms with E-state index >= 15 is 0 Å². The molecule has 1 aliphatic rings. The normalized spacial score (nSPS) is 14.6. The van der Waals surface area contributed by atoms with Gasteiger partial charge in [-0.2, -0.15) is 15.0 Å². The van der Waals surface area contributed by atoms with Crippen LogP contribution in [0.5, 0.6) is 0 Å². The van der Waals surface area contributed by atoms with Gasteiger partial charge in [-0.05, 0) is 36.2 Å². The third kappa shape index (κ3) is 2.63. The zero-order valence-corrected chi connectivity index (χ0v) is 12.4. The molecule has 1 aliphatic carbocycles. The van der Waals surface area contributed by atoms with Gasteiger partial charge in [0.25, 0.3) is 0 Å². The Morgan fingerprint density at radius 3 is 2.75 bits per heavy atom. The second-order valence-electron chi connectivity index (χ2n) is 4.60. The second kappa shape index (κ2) is 5.06. The number of hydrogen-bond donors (Lipinski definition) is 1. The van der Waals surface area contributed by atoms with Crippen molar-refractivity contribution in [3.8, 4) is 0 Å². The summed E-state index contributed by atoms with van der Waals surface area (Å²) >= 11 is 7.08. The Balaban J connectivity index is 1.93. The zero-order valence-electron chi connectivity index (χ0n) is 10.9. The van der Waals surface area contributed by atoms with Gasteiger partial charge < -0.3 is 4.90 Å². The van der Waals surface area contributed by atoms with Crippen LogP contribution in [-0.4, -0.2) is 43.8 Å². The first-order chi connectivity index (χ1) is 9.54. The molecule has 0 saturated heterocycles. The van der Waals surface area contributed by atoms with E-state index in [1.165, 1.54) is 11.8 Å². The lowest BCUT2D eigenvalue weighted by molar-refractivity contribution is 0.641. The van der Waals surface area contributed by atoms with E-state index in [1.807, 2.05) is 14.1 Å². The Morgan fingerprint density at radius 2 is 2.10 bits per heavy atom. The van der Waals surface area contributed by atoms with Crippen LogP contribution in [0.4, 0.5) is 5.95 Å². The van der Waals surface area contributed by atoms with Crippen molar-refractivity contribution in [1.29, 1.82) is 0 Å². The third-order valence-electron chi connectivity index (χ3n) is 2.74. The maximum Gasteiger partial charge on any atom is 0.344 e. The zero-order chi connectivity index (χ0) is 14.3. The Kier molecular flexibility index (Phi) is 3.38. The van der Waals surface area contributed by atoms with Crippen LogP contribution >= 0.6 is 23.4 Å². The van der Waals surface area contributed by atoms with Crippen LogP contribution in [0.25, 0.3) is 0 Å². The van der Waals surface area contributed by atoms with E-state index in [9.17, 15) is 4.79 Å². The number of aromatic amines is 1. The lowest BCUT2D eigenvalue weighted by atomic mass is 10.7. The molecule has 0 aromatic carbocycles. The number of nitrogens with zero attached hydrogens (tertiary/aromatic N) is 6. The van der Waals surface area contributed by atoms with Crippen molar-refractivity contribution in [2.75, 3.05) is 19.0 Å². The molecule has 0 bridgehead atoms. The molecular formula is C10H12ClN7OS. The summed E-state index contributed by atoms with van der Waals surface area (Å²) < 4.78 is 1.64. The monoisotopic (exact) mass is 313 g/mol. The van der Waals surface area contributed by atoms with Crippen molar-refractivity contribution in [3.05, 3.63) is 15.8 Å². The molecule has 8 nitrogen and oxygen atoms in total. The first-order valence-electron chi connectivity index (χ1n) is 5.98. The van der Waals surface area contributed by atoms with Crippen LogP contribution in [0.3, 0.4) is 0 Å². The van der Waals surface area contributed by atoms with Crippen molar-refractivity contribution in [2.24, 2.45) is 0 Å². The lowest BCUT2D eigenvalue weighted by Crippen LogP contribution is -2.16. The van der Waals surface area contributed by atoms with E-state index in [0.717, 1.165) is 12.8 Å². The molecule has 0 amide bonds. The Hall–Kier alpha value is -1.61. The van der Waals surface area contributed by atoms with Gasteiger partial charge in [-0.3, -0.25) is 4.57 Å². The number of rotatable bonds is 4. The van der Waals surface area contributed by atoms with E-state index < -0.39 is 0 Å². The molecule has 0 atom stereocenters. The average molecular weight is 314 g/mol. The molecule has 2 aromatic heterocycles. The van der Waals surface area contributed by atoms with Crippen LogP contribution in [0, 0.1) is 0 Å². The highest BCUT2D eigenvalue weighted by Gasteiger charge is 2.29. The fourth-order valence-electron chi connectivity index (χ4n) is 1.67. The summed E-state index contributed by atoms with van der Waals surface area (Å²) in [6.45, 7) is 0. The first kappa shape index (κ1) is 13.4. The Labute approximate surface area is 123 Å². The van der Waals surface area contributed by atoms with E-state index in [-0.39, 0.29) is 17.0 Å². The molecule has 2 heterocycles. The Morgan fingerprint density at radius 1 is 1.35 bits per heavy atom. The van der Waals surface area contributed by atoms with Gasteiger partial charge in [-0.25, -0.2) is 9.89 Å². The average Bonchev–Trinajstić information content (AvgIpc) is 3.14. The molecule has 0 radical (unpaired) electrons. The molecule has 1 fully saturated rings. The lowest BCUT2D eigenvalue weighted by Gasteiger charge is -2.10. The van der Waals surface area contributed by atoms with Gasteiger partial charge in [0.05, 0.1) is 0 Å². The molecule has 3 rings (SSSR count). The molecule has 0 spiro atoms. The largest absolute Gasteiger partial charge is 0.347 e. The highest BCUT2D eigenvalue weighted by atomic mass is 35.5. The van der Waals surface area contributed by atoms with Gasteiger partial charge in [0.2, 0.25) is 16.4 Å². The number of H-pyrrole nitrogens is 1. The topological polar surface area (TPSA) is 92.6 Å². The fraction of sp³-hybridized carbons (Fsp3) is 0.500. The van der Waals surface area contributed by atoms with Crippen molar-refractivity contribution in [1.82, 2.24) is 29.7 Å². The first-order valence-corrected chi connectivity index (χ1v) is 7.17. The predicted octanol–water partition coefficient (Wildman–Crippen LogP) is 0.962. The van der Waals surface area contributed by atoms with Crippen LogP contribution in [0.1, 0.15) is 18.9 Å². The molecule has 20 heavy (non-hydrogen) atoms. The van der Waals surface area contributed by atoms with Gasteiger partial charge in [-0.15, -0.1) is 5.10 Å². The van der Waals surface area contributed by atoms with Gasteiger partial charge >= 0.3 is 5.69 Å². The van der Waals surface area contributed by atoms with Crippen LogP contribution in [-0.2, 0) is 0 Å². The van der Waals surface area contributed by atoms with Gasteiger partial charge in [0.15, 0.2) is 5.16 Å². The van der Waals surface area contributed by atoms with Gasteiger partial charge in [-0.1, -0.05) is 0 Å². The van der Waals surface area contributed by atoms with Crippen LogP contribution in [0.15, 0.2) is 15.1 Å². The van der Waals surface area contributed by atoms with E-state index in [2.05, 4.69) is 25.1 Å². The minimum Gasteiger partial charge on any atom is -0.347 e. The smallest absolute Gasteiger partial charge is 0.344 e. The molecule has 1 N–H and O–H groups in total. The number of hydrogen-bond acceptors (Lipinski definition) is 7. The molecule has 0 unspecified atom stereocenters. The SMILES string of the molecule is CN(C)c1nc(Cl)nc(Sc2n[nH]c(=O)n2C2CC2)n1. The van der Waals surface area contributed by atoms with E-state index in [0.29, 0.717) is 16.3 Å². The quantitative estimate of drug-likeness (QED) is 0.898. The van der Waals surface area contributed by atoms with Crippen molar-refractivity contribution >= 4 is 29.3 Å². The molecule has 0 aliphatic heterocycles. The summed E-state index contributed by atoms with van der Waals surface area (Å²) in [5.41, 5.74) is -0.206. The molecule has 1 saturated carbocycles. The minimum atomic E-state index is -0.206. The van der Waals surface area contributed by atoms with Gasteiger partial charge in [0.1, 0.15) is 0 Å². The summed E-state index contributed by atoms with van der Waals surface area (Å²) in [6.07, 6.45) is 1.99. The number of halogens is 1. The van der Waals surface area contributed by atoms with Crippen molar-refractivity contribution in [3.63, 3.8) is 0 Å². The maximum absolute atomic E-state index is 11.7. The molecule has 106 valence electrons. The highest BCUT2D eigenvalue weighted by molar-refractivity contribution is 7.99. The number of anilines is 1. The maximum atomic E-state index is 11.7. The summed E-state index contributed by atoms with van der Waals surface area (Å²) in [5, 5.41) is 7.53. The summed E-state index contributed by atoms with van der Waals surface area (Å²) in [4.78, 5) is 25.8. The van der Waals surface area contributed by atoms with E-state index in [4.69, 9.17) is 11.6 Å². The number of aromatic nitrogens is 6. The van der Waals surface area contributed by atoms with Crippen molar-refractivity contribution in [2.45, 2.75) is 29.2 Å². The number of nitrogens with one attached hydrogen (secondary N) is 1. The minimum absolute atomic E-state index is 0.113. The summed E-state index contributed by atoms with van der Waals surface area (Å²) in [6, 6.07) is 0.231.